The van der Waals surface area contributed by atoms with Crippen LogP contribution in [-0.4, -0.2) is 17.2 Å². The third kappa shape index (κ3) is 5.77. The van der Waals surface area contributed by atoms with Gasteiger partial charge in [-0.1, -0.05) is 63.2 Å². The van der Waals surface area contributed by atoms with Crippen LogP contribution in [0.3, 0.4) is 0 Å². The molecule has 3 aromatic carbocycles. The second kappa shape index (κ2) is 10.0. The minimum atomic E-state index is -0.378. The summed E-state index contributed by atoms with van der Waals surface area (Å²) in [7, 11) is 0. The highest BCUT2D eigenvalue weighted by Crippen LogP contribution is 2.30. The Morgan fingerprint density at radius 3 is 2.29 bits per heavy atom. The molecule has 172 valence electrons. The summed E-state index contributed by atoms with van der Waals surface area (Å²) in [5.74, 6) is 0.106. The molecular weight excluding hydrogens is 442 g/mol. The van der Waals surface area contributed by atoms with E-state index in [2.05, 4.69) is 36.3 Å². The molecular formula is C28H27N3O2S. The highest BCUT2D eigenvalue weighted by molar-refractivity contribution is 7.15. The summed E-state index contributed by atoms with van der Waals surface area (Å²) < 4.78 is 5.51. The smallest absolute Gasteiger partial charge is 0.343 e. The molecule has 4 rings (SSSR count). The van der Waals surface area contributed by atoms with Gasteiger partial charge in [0.05, 0.1) is 17.5 Å². The molecule has 0 spiro atoms. The molecule has 6 heteroatoms. The van der Waals surface area contributed by atoms with Crippen LogP contribution in [0.1, 0.15) is 47.1 Å². The first-order chi connectivity index (χ1) is 16.3. The molecule has 0 radical (unpaired) electrons. The Morgan fingerprint density at radius 1 is 0.971 bits per heavy atom. The van der Waals surface area contributed by atoms with Gasteiger partial charge < -0.3 is 4.74 Å². The number of hydrazone groups is 1. The molecule has 1 aromatic heterocycles. The molecule has 4 aromatic rings. The largest absolute Gasteiger partial charge is 0.423 e. The number of ether oxygens (including phenoxy) is 1. The lowest BCUT2D eigenvalue weighted by Crippen LogP contribution is -2.12. The monoisotopic (exact) mass is 469 g/mol. The molecule has 0 atom stereocenters. The van der Waals surface area contributed by atoms with Crippen molar-refractivity contribution in [1.82, 2.24) is 4.98 Å². The number of benzene rings is 3. The molecule has 1 heterocycles. The van der Waals surface area contributed by atoms with Gasteiger partial charge in [0.25, 0.3) is 0 Å². The van der Waals surface area contributed by atoms with Crippen molar-refractivity contribution < 1.29 is 9.53 Å². The predicted molar refractivity (Wildman–Crippen MR) is 140 cm³/mol. The zero-order chi connectivity index (χ0) is 24.1. The van der Waals surface area contributed by atoms with Crippen molar-refractivity contribution in [2.24, 2.45) is 5.10 Å². The summed E-state index contributed by atoms with van der Waals surface area (Å²) in [6, 6.07) is 24.8. The SMILES string of the molecule is Cc1sc(N/N=C\c2ccc(OC(=O)c3ccc(C(C)(C)C)cc3)cc2)nc1-c1ccccc1. The fourth-order valence-corrected chi connectivity index (χ4v) is 4.15. The minimum absolute atomic E-state index is 0.0389. The molecule has 34 heavy (non-hydrogen) atoms. The fourth-order valence-electron chi connectivity index (χ4n) is 3.36. The van der Waals surface area contributed by atoms with Gasteiger partial charge in [0.15, 0.2) is 0 Å². The number of esters is 1. The summed E-state index contributed by atoms with van der Waals surface area (Å²) in [5, 5.41) is 5.02. The van der Waals surface area contributed by atoms with E-state index >= 15 is 0 Å². The average Bonchev–Trinajstić information content (AvgIpc) is 3.20. The van der Waals surface area contributed by atoms with Gasteiger partial charge in [0.1, 0.15) is 5.75 Å². The Labute approximate surface area is 204 Å². The third-order valence-electron chi connectivity index (χ3n) is 5.29. The van der Waals surface area contributed by atoms with Gasteiger partial charge in [-0.25, -0.2) is 9.78 Å². The zero-order valence-corrected chi connectivity index (χ0v) is 20.5. The van der Waals surface area contributed by atoms with Gasteiger partial charge in [-0.05, 0) is 59.9 Å². The maximum Gasteiger partial charge on any atom is 0.343 e. The van der Waals surface area contributed by atoms with Gasteiger partial charge in [0.2, 0.25) is 5.13 Å². The van der Waals surface area contributed by atoms with Gasteiger partial charge >= 0.3 is 5.97 Å². The van der Waals surface area contributed by atoms with Crippen molar-refractivity contribution in [1.29, 1.82) is 0 Å². The van der Waals surface area contributed by atoms with Crippen LogP contribution in [0.25, 0.3) is 11.3 Å². The number of aromatic nitrogens is 1. The second-order valence-electron chi connectivity index (χ2n) is 8.95. The van der Waals surface area contributed by atoms with Crippen LogP contribution < -0.4 is 10.2 Å². The van der Waals surface area contributed by atoms with Crippen molar-refractivity contribution in [3.63, 3.8) is 0 Å². The summed E-state index contributed by atoms with van der Waals surface area (Å²) >= 11 is 1.56. The standard InChI is InChI=1S/C28H27N3O2S/c1-19-25(21-8-6-5-7-9-21)30-27(34-19)31-29-18-20-10-16-24(17-11-20)33-26(32)22-12-14-23(15-13-22)28(2,3)4/h5-18H,1-4H3,(H,30,31)/b29-18-. The van der Waals surface area contributed by atoms with E-state index in [4.69, 9.17) is 4.74 Å². The summed E-state index contributed by atoms with van der Waals surface area (Å²) in [4.78, 5) is 18.2. The lowest BCUT2D eigenvalue weighted by atomic mass is 9.87. The van der Waals surface area contributed by atoms with Crippen molar-refractivity contribution >= 4 is 28.7 Å². The first-order valence-corrected chi connectivity index (χ1v) is 11.9. The van der Waals surface area contributed by atoms with Crippen molar-refractivity contribution in [3.05, 3.63) is 100 Å². The third-order valence-corrected chi connectivity index (χ3v) is 6.17. The van der Waals surface area contributed by atoms with E-state index in [1.165, 1.54) is 5.56 Å². The van der Waals surface area contributed by atoms with E-state index in [0.717, 1.165) is 26.8 Å². The Kier molecular flexibility index (Phi) is 6.89. The molecule has 0 fully saturated rings. The Hall–Kier alpha value is -3.77. The minimum Gasteiger partial charge on any atom is -0.423 e. The highest BCUT2D eigenvalue weighted by Gasteiger charge is 2.15. The number of thiazole rings is 1. The van der Waals surface area contributed by atoms with Gasteiger partial charge in [-0.3, -0.25) is 5.43 Å². The van der Waals surface area contributed by atoms with Gasteiger partial charge in [-0.15, -0.1) is 11.3 Å². The van der Waals surface area contributed by atoms with E-state index in [9.17, 15) is 4.79 Å². The van der Waals surface area contributed by atoms with Crippen molar-refractivity contribution in [3.8, 4) is 17.0 Å². The van der Waals surface area contributed by atoms with Crippen LogP contribution in [0.15, 0.2) is 84.0 Å². The van der Waals surface area contributed by atoms with Gasteiger partial charge in [0, 0.05) is 10.4 Å². The van der Waals surface area contributed by atoms with E-state index in [0.29, 0.717) is 11.3 Å². The number of hydrogen-bond acceptors (Lipinski definition) is 6. The second-order valence-corrected chi connectivity index (χ2v) is 10.1. The van der Waals surface area contributed by atoms with Crippen molar-refractivity contribution in [2.75, 3.05) is 5.43 Å². The highest BCUT2D eigenvalue weighted by atomic mass is 32.1. The van der Waals surface area contributed by atoms with E-state index in [1.807, 2.05) is 61.5 Å². The van der Waals surface area contributed by atoms with Crippen molar-refractivity contribution in [2.45, 2.75) is 33.1 Å². The average molecular weight is 470 g/mol. The quantitative estimate of drug-likeness (QED) is 0.142. The van der Waals surface area contributed by atoms with Crippen LogP contribution in [0, 0.1) is 6.92 Å². The molecule has 0 saturated carbocycles. The molecule has 0 aliphatic rings. The Bertz CT molecular complexity index is 1290. The predicted octanol–water partition coefficient (Wildman–Crippen LogP) is 7.08. The number of nitrogens with one attached hydrogen (secondary N) is 1. The lowest BCUT2D eigenvalue weighted by Gasteiger charge is -2.18. The number of nitrogens with zero attached hydrogens (tertiary/aromatic N) is 2. The first kappa shape index (κ1) is 23.4. The van der Waals surface area contributed by atoms with E-state index < -0.39 is 0 Å². The normalized spacial score (nSPS) is 11.5. The molecule has 0 saturated heterocycles. The van der Waals surface area contributed by atoms with Crippen LogP contribution in [-0.2, 0) is 5.41 Å². The first-order valence-electron chi connectivity index (χ1n) is 11.0. The molecule has 0 amide bonds. The van der Waals surface area contributed by atoms with E-state index in [-0.39, 0.29) is 11.4 Å². The number of hydrogen-bond donors (Lipinski definition) is 1. The number of aryl methyl sites for hydroxylation is 1. The summed E-state index contributed by atoms with van der Waals surface area (Å²) in [5.41, 5.74) is 7.65. The molecule has 0 unspecified atom stereocenters. The Balaban J connectivity index is 1.34. The summed E-state index contributed by atoms with van der Waals surface area (Å²) in [6.07, 6.45) is 1.70. The number of rotatable bonds is 6. The molecule has 5 nitrogen and oxygen atoms in total. The fraction of sp³-hybridized carbons (Fsp3) is 0.179. The zero-order valence-electron chi connectivity index (χ0n) is 19.7. The molecule has 1 N–H and O–H groups in total. The topological polar surface area (TPSA) is 63.6 Å². The van der Waals surface area contributed by atoms with Crippen LogP contribution in [0.5, 0.6) is 5.75 Å². The Morgan fingerprint density at radius 2 is 1.65 bits per heavy atom. The molecule has 0 bridgehead atoms. The van der Waals surface area contributed by atoms with Crippen LogP contribution >= 0.6 is 11.3 Å². The molecule has 0 aliphatic heterocycles. The maximum atomic E-state index is 12.5. The number of anilines is 1. The summed E-state index contributed by atoms with van der Waals surface area (Å²) in [6.45, 7) is 8.47. The number of carbonyl (C=O) groups is 1. The lowest BCUT2D eigenvalue weighted by molar-refractivity contribution is 0.0734. The van der Waals surface area contributed by atoms with Gasteiger partial charge in [-0.2, -0.15) is 5.10 Å². The number of carbonyl (C=O) groups excluding carboxylic acids is 1. The molecule has 0 aliphatic carbocycles. The van der Waals surface area contributed by atoms with Crippen LogP contribution in [0.2, 0.25) is 0 Å². The van der Waals surface area contributed by atoms with Crippen LogP contribution in [0.4, 0.5) is 5.13 Å². The maximum absolute atomic E-state index is 12.5. The van der Waals surface area contributed by atoms with E-state index in [1.54, 1.807) is 41.8 Å².